The van der Waals surface area contributed by atoms with E-state index in [4.69, 9.17) is 5.11 Å². The van der Waals surface area contributed by atoms with Crippen molar-refractivity contribution in [2.45, 2.75) is 50.5 Å². The fourth-order valence-corrected chi connectivity index (χ4v) is 2.26. The summed E-state index contributed by atoms with van der Waals surface area (Å²) in [6.07, 6.45) is 1.63. The van der Waals surface area contributed by atoms with E-state index in [2.05, 4.69) is 10.2 Å². The van der Waals surface area contributed by atoms with Gasteiger partial charge >= 0.3 is 5.97 Å². The van der Waals surface area contributed by atoms with Gasteiger partial charge in [0, 0.05) is 18.8 Å². The lowest BCUT2D eigenvalue weighted by molar-refractivity contribution is -0.140. The Morgan fingerprint density at radius 1 is 1.56 bits per heavy atom. The summed E-state index contributed by atoms with van der Waals surface area (Å²) < 4.78 is 27.6. The summed E-state index contributed by atoms with van der Waals surface area (Å²) in [6.45, 7) is 1.52. The number of carboxylic acids is 1. The topological polar surface area (TPSA) is 68.0 Å². The molecule has 0 spiro atoms. The third-order valence-corrected chi connectivity index (χ3v) is 3.46. The maximum atomic E-state index is 13.1. The van der Waals surface area contributed by atoms with E-state index in [1.165, 1.54) is 17.8 Å². The number of carboxylic acid groups (broad SMARTS) is 1. The Morgan fingerprint density at radius 2 is 2.17 bits per heavy atom. The molecule has 0 radical (unpaired) electrons. The second-order valence-corrected chi connectivity index (χ2v) is 4.74. The van der Waals surface area contributed by atoms with Crippen LogP contribution < -0.4 is 0 Å². The van der Waals surface area contributed by atoms with E-state index in [-0.39, 0.29) is 18.8 Å². The highest BCUT2D eigenvalue weighted by molar-refractivity contribution is 5.71. The van der Waals surface area contributed by atoms with Gasteiger partial charge in [0.15, 0.2) is 0 Å². The van der Waals surface area contributed by atoms with Crippen LogP contribution in [0, 0.1) is 0 Å². The zero-order chi connectivity index (χ0) is 13.3. The van der Waals surface area contributed by atoms with Crippen LogP contribution in [-0.2, 0) is 4.79 Å². The minimum Gasteiger partial charge on any atom is -0.480 e. The van der Waals surface area contributed by atoms with Crippen LogP contribution in [-0.4, -0.2) is 31.8 Å². The largest absolute Gasteiger partial charge is 0.480 e. The second-order valence-electron chi connectivity index (χ2n) is 4.74. The molecule has 100 valence electrons. The van der Waals surface area contributed by atoms with Crippen molar-refractivity contribution in [3.8, 4) is 0 Å². The zero-order valence-electron chi connectivity index (χ0n) is 10.0. The average molecular weight is 259 g/mol. The van der Waals surface area contributed by atoms with Crippen LogP contribution in [0.5, 0.6) is 0 Å². The summed E-state index contributed by atoms with van der Waals surface area (Å²) in [4.78, 5) is 10.9. The minimum atomic E-state index is -2.60. The van der Waals surface area contributed by atoms with E-state index in [9.17, 15) is 13.6 Å². The highest BCUT2D eigenvalue weighted by atomic mass is 19.3. The number of aromatic nitrogens is 3. The number of nitrogens with zero attached hydrogens (tertiary/aromatic N) is 3. The van der Waals surface area contributed by atoms with E-state index in [0.29, 0.717) is 18.7 Å². The minimum absolute atomic E-state index is 0.131. The Morgan fingerprint density at radius 3 is 2.72 bits per heavy atom. The van der Waals surface area contributed by atoms with Crippen molar-refractivity contribution >= 4 is 5.97 Å². The Bertz CT molecular complexity index is 437. The standard InChI is InChI=1S/C11H15F2N3O2/c1-7(10(17)18)16-6-14-15-9(16)8-2-4-11(12,13)5-3-8/h6-8H,2-5H2,1H3,(H,17,18). The molecule has 5 nitrogen and oxygen atoms in total. The van der Waals surface area contributed by atoms with Crippen molar-refractivity contribution in [2.75, 3.05) is 0 Å². The monoisotopic (exact) mass is 259 g/mol. The molecule has 1 saturated carbocycles. The highest BCUT2D eigenvalue weighted by Crippen LogP contribution is 2.40. The second kappa shape index (κ2) is 4.62. The number of carbonyl (C=O) groups is 1. The van der Waals surface area contributed by atoms with Crippen LogP contribution in [0.1, 0.15) is 50.4 Å². The van der Waals surface area contributed by atoms with Crippen LogP contribution in [0.25, 0.3) is 0 Å². The molecular weight excluding hydrogens is 244 g/mol. The van der Waals surface area contributed by atoms with Crippen LogP contribution in [0.3, 0.4) is 0 Å². The fraction of sp³-hybridized carbons (Fsp3) is 0.727. The number of halogens is 2. The molecule has 0 saturated heterocycles. The summed E-state index contributed by atoms with van der Waals surface area (Å²) in [6, 6.07) is -0.780. The molecule has 0 bridgehead atoms. The number of rotatable bonds is 3. The van der Waals surface area contributed by atoms with Crippen molar-refractivity contribution in [3.05, 3.63) is 12.2 Å². The first kappa shape index (κ1) is 12.9. The Labute approximate surface area is 103 Å². The van der Waals surface area contributed by atoms with E-state index < -0.39 is 17.9 Å². The van der Waals surface area contributed by atoms with Crippen LogP contribution in [0.15, 0.2) is 6.33 Å². The van der Waals surface area contributed by atoms with E-state index in [0.717, 1.165) is 0 Å². The molecule has 2 rings (SSSR count). The quantitative estimate of drug-likeness (QED) is 0.903. The molecule has 1 aliphatic rings. The lowest BCUT2D eigenvalue weighted by Crippen LogP contribution is -2.26. The van der Waals surface area contributed by atoms with Crippen LogP contribution in [0.4, 0.5) is 8.78 Å². The Hall–Kier alpha value is -1.53. The zero-order valence-corrected chi connectivity index (χ0v) is 10.0. The van der Waals surface area contributed by atoms with E-state index >= 15 is 0 Å². The van der Waals surface area contributed by atoms with Crippen molar-refractivity contribution in [1.29, 1.82) is 0 Å². The molecule has 1 heterocycles. The predicted octanol–water partition coefficient (Wildman–Crippen LogP) is 2.22. The first-order valence-electron chi connectivity index (χ1n) is 5.91. The van der Waals surface area contributed by atoms with Crippen LogP contribution >= 0.6 is 0 Å². The molecule has 0 amide bonds. The van der Waals surface area contributed by atoms with Crippen LogP contribution in [0.2, 0.25) is 0 Å². The maximum Gasteiger partial charge on any atom is 0.326 e. The number of alkyl halides is 2. The third kappa shape index (κ3) is 2.49. The van der Waals surface area contributed by atoms with Gasteiger partial charge in [-0.2, -0.15) is 0 Å². The van der Waals surface area contributed by atoms with Gasteiger partial charge in [0.1, 0.15) is 18.2 Å². The summed E-state index contributed by atoms with van der Waals surface area (Å²) in [7, 11) is 0. The van der Waals surface area contributed by atoms with Gasteiger partial charge in [-0.1, -0.05) is 0 Å². The van der Waals surface area contributed by atoms with Crippen molar-refractivity contribution in [3.63, 3.8) is 0 Å². The van der Waals surface area contributed by atoms with Crippen molar-refractivity contribution in [1.82, 2.24) is 14.8 Å². The van der Waals surface area contributed by atoms with E-state index in [1.54, 1.807) is 0 Å². The van der Waals surface area contributed by atoms with Gasteiger partial charge in [-0.05, 0) is 19.8 Å². The summed E-state index contributed by atoms with van der Waals surface area (Å²) in [5, 5.41) is 16.6. The molecule has 1 fully saturated rings. The van der Waals surface area contributed by atoms with Gasteiger partial charge in [-0.15, -0.1) is 10.2 Å². The van der Waals surface area contributed by atoms with Gasteiger partial charge in [-0.3, -0.25) is 0 Å². The molecule has 0 aromatic carbocycles. The lowest BCUT2D eigenvalue weighted by atomic mass is 9.86. The van der Waals surface area contributed by atoms with Gasteiger partial charge in [0.05, 0.1) is 0 Å². The first-order chi connectivity index (χ1) is 8.41. The molecule has 1 atom stereocenters. The SMILES string of the molecule is CC(C(=O)O)n1cnnc1C1CCC(F)(F)CC1. The van der Waals surface area contributed by atoms with Gasteiger partial charge in [-0.25, -0.2) is 13.6 Å². The molecule has 1 aromatic heterocycles. The Balaban J connectivity index is 2.15. The van der Waals surface area contributed by atoms with Crippen molar-refractivity contribution < 1.29 is 18.7 Å². The Kier molecular flexibility index (Phi) is 3.32. The van der Waals surface area contributed by atoms with E-state index in [1.807, 2.05) is 0 Å². The number of hydrogen-bond donors (Lipinski definition) is 1. The van der Waals surface area contributed by atoms with Gasteiger partial charge < -0.3 is 9.67 Å². The maximum absolute atomic E-state index is 13.1. The number of hydrogen-bond acceptors (Lipinski definition) is 3. The average Bonchev–Trinajstić information content (AvgIpc) is 2.76. The number of aliphatic carboxylic acids is 1. The van der Waals surface area contributed by atoms with Gasteiger partial charge in [0.25, 0.3) is 0 Å². The van der Waals surface area contributed by atoms with Gasteiger partial charge in [0.2, 0.25) is 5.92 Å². The van der Waals surface area contributed by atoms with Crippen molar-refractivity contribution in [2.24, 2.45) is 0 Å². The molecule has 18 heavy (non-hydrogen) atoms. The molecule has 1 unspecified atom stereocenters. The predicted molar refractivity (Wildman–Crippen MR) is 58.5 cm³/mol. The summed E-state index contributed by atoms with van der Waals surface area (Å²) in [5.74, 6) is -3.22. The smallest absolute Gasteiger partial charge is 0.326 e. The summed E-state index contributed by atoms with van der Waals surface area (Å²) in [5.41, 5.74) is 0. The third-order valence-electron chi connectivity index (χ3n) is 3.46. The molecular formula is C11H15F2N3O2. The molecule has 1 aromatic rings. The highest BCUT2D eigenvalue weighted by Gasteiger charge is 2.37. The fourth-order valence-electron chi connectivity index (χ4n) is 2.26. The summed E-state index contributed by atoms with van der Waals surface area (Å²) >= 11 is 0. The molecule has 0 aliphatic heterocycles. The lowest BCUT2D eigenvalue weighted by Gasteiger charge is -2.28. The molecule has 7 heteroatoms. The normalized spacial score (nSPS) is 21.7. The first-order valence-corrected chi connectivity index (χ1v) is 5.91. The molecule has 1 N–H and O–H groups in total. The molecule has 1 aliphatic carbocycles.